The van der Waals surface area contributed by atoms with Crippen LogP contribution in [0.15, 0.2) is 66.0 Å². The van der Waals surface area contributed by atoms with Crippen molar-refractivity contribution in [2.24, 2.45) is 0 Å². The van der Waals surface area contributed by atoms with Gasteiger partial charge in [-0.1, -0.05) is 54.1 Å². The number of benzene rings is 2. The van der Waals surface area contributed by atoms with Crippen molar-refractivity contribution >= 4 is 33.8 Å². The predicted molar refractivity (Wildman–Crippen MR) is 104 cm³/mol. The van der Waals surface area contributed by atoms with Crippen molar-refractivity contribution in [3.05, 3.63) is 87.8 Å². The summed E-state index contributed by atoms with van der Waals surface area (Å²) >= 11 is 7.35. The summed E-state index contributed by atoms with van der Waals surface area (Å²) in [5, 5.41) is 16.9. The molecule has 0 radical (unpaired) electrons. The second kappa shape index (κ2) is 8.63. The normalized spacial score (nSPS) is 11.5. The van der Waals surface area contributed by atoms with Crippen LogP contribution in [0, 0.1) is 11.3 Å². The van der Waals surface area contributed by atoms with Gasteiger partial charge in [-0.25, -0.2) is 0 Å². The Morgan fingerprint density at radius 2 is 1.81 bits per heavy atom. The van der Waals surface area contributed by atoms with Gasteiger partial charge in [-0.3, -0.25) is 4.79 Å². The number of anilines is 1. The summed E-state index contributed by atoms with van der Waals surface area (Å²) in [6.45, 7) is 0.241. The smallest absolute Gasteiger partial charge is 0.280 e. The van der Waals surface area contributed by atoms with Crippen LogP contribution in [0.3, 0.4) is 0 Å². The average Bonchev–Trinajstić information content (AvgIpc) is 3.11. The zero-order chi connectivity index (χ0) is 18.4. The number of halogens is 1. The molecule has 2 aromatic carbocycles. The van der Waals surface area contributed by atoms with Gasteiger partial charge in [-0.15, -0.1) is 11.3 Å². The average molecular weight is 383 g/mol. The summed E-state index contributed by atoms with van der Waals surface area (Å²) in [6, 6.07) is 21.4. The maximum Gasteiger partial charge on any atom is 0.280 e. The van der Waals surface area contributed by atoms with Crippen LogP contribution in [0.5, 0.6) is 0 Å². The van der Waals surface area contributed by atoms with E-state index in [-0.39, 0.29) is 18.5 Å². The quantitative estimate of drug-likeness (QED) is 0.684. The van der Waals surface area contributed by atoms with E-state index in [1.807, 2.05) is 59.9 Å². The highest BCUT2D eigenvalue weighted by atomic mass is 35.5. The fraction of sp³-hybridized carbons (Fsp3) is 0.100. The fourth-order valence-electron chi connectivity index (χ4n) is 2.69. The zero-order valence-corrected chi connectivity index (χ0v) is 15.4. The van der Waals surface area contributed by atoms with Gasteiger partial charge >= 0.3 is 0 Å². The minimum atomic E-state index is -0.140. The van der Waals surface area contributed by atoms with E-state index >= 15 is 0 Å². The number of nitrogens with two attached hydrogens (primary N) is 1. The lowest BCUT2D eigenvalue weighted by molar-refractivity contribution is -0.676. The van der Waals surface area contributed by atoms with E-state index in [0.717, 1.165) is 11.1 Å². The number of hydrogen-bond donors (Lipinski definition) is 2. The largest absolute Gasteiger partial charge is 0.328 e. The van der Waals surface area contributed by atoms with Crippen LogP contribution >= 0.6 is 22.9 Å². The van der Waals surface area contributed by atoms with E-state index in [1.54, 1.807) is 11.4 Å². The number of amides is 1. The molecule has 0 unspecified atom stereocenters. The second-order valence-electron chi connectivity index (χ2n) is 5.70. The topological polar surface area (TPSA) is 69.5 Å². The van der Waals surface area contributed by atoms with Gasteiger partial charge < -0.3 is 10.6 Å². The van der Waals surface area contributed by atoms with Gasteiger partial charge in [0.1, 0.15) is 17.1 Å². The molecule has 3 N–H and O–H groups in total. The SMILES string of the molecule is N#Cc1ccsc1NC(=O)C[NH2+][C@H](c1ccccc1)c1ccc(Cl)cc1. The standard InChI is InChI=1S/C20H16ClN3OS/c21-17-8-6-15(7-9-17)19(14-4-2-1-3-5-14)23-13-18(25)24-20-16(12-22)10-11-26-20/h1-11,19,23H,13H2,(H,24,25)/p+1/t19-/m1/s1. The van der Waals surface area contributed by atoms with Crippen molar-refractivity contribution in [3.63, 3.8) is 0 Å². The number of rotatable bonds is 6. The Hall–Kier alpha value is -2.65. The van der Waals surface area contributed by atoms with E-state index in [9.17, 15) is 4.79 Å². The van der Waals surface area contributed by atoms with Crippen LogP contribution in [-0.2, 0) is 4.79 Å². The molecule has 1 aromatic heterocycles. The molecule has 0 saturated heterocycles. The van der Waals surface area contributed by atoms with Gasteiger partial charge in [0.05, 0.1) is 5.56 Å². The Labute approximate surface area is 161 Å². The van der Waals surface area contributed by atoms with Crippen molar-refractivity contribution in [1.29, 1.82) is 5.26 Å². The maximum atomic E-state index is 12.3. The molecule has 1 atom stereocenters. The highest BCUT2D eigenvalue weighted by molar-refractivity contribution is 7.14. The molecule has 0 fully saturated rings. The first-order valence-electron chi connectivity index (χ1n) is 8.08. The lowest BCUT2D eigenvalue weighted by atomic mass is 9.99. The Morgan fingerprint density at radius 3 is 2.50 bits per heavy atom. The maximum absolute atomic E-state index is 12.3. The van der Waals surface area contributed by atoms with E-state index in [0.29, 0.717) is 15.6 Å². The summed E-state index contributed by atoms with van der Waals surface area (Å²) in [5.74, 6) is -0.140. The number of nitriles is 1. The van der Waals surface area contributed by atoms with E-state index in [4.69, 9.17) is 16.9 Å². The number of quaternary nitrogens is 1. The van der Waals surface area contributed by atoms with Crippen LogP contribution in [0.25, 0.3) is 0 Å². The van der Waals surface area contributed by atoms with Crippen molar-refractivity contribution in [1.82, 2.24) is 0 Å². The van der Waals surface area contributed by atoms with E-state index in [1.165, 1.54) is 11.3 Å². The number of thiophene rings is 1. The van der Waals surface area contributed by atoms with Crippen LogP contribution in [-0.4, -0.2) is 12.5 Å². The Balaban J connectivity index is 1.73. The van der Waals surface area contributed by atoms with Crippen molar-refractivity contribution in [2.45, 2.75) is 6.04 Å². The molecule has 1 amide bonds. The number of carbonyl (C=O) groups is 1. The molecule has 3 aromatic rings. The molecule has 0 saturated carbocycles. The minimum absolute atomic E-state index is 0.0158. The van der Waals surface area contributed by atoms with Crippen LogP contribution in [0.4, 0.5) is 5.00 Å². The van der Waals surface area contributed by atoms with Crippen LogP contribution in [0.1, 0.15) is 22.7 Å². The number of nitrogens with one attached hydrogen (secondary N) is 1. The third-order valence-corrected chi connectivity index (χ3v) is 5.05. The lowest BCUT2D eigenvalue weighted by Crippen LogP contribution is -2.87. The zero-order valence-electron chi connectivity index (χ0n) is 13.9. The monoisotopic (exact) mass is 382 g/mol. The summed E-state index contributed by atoms with van der Waals surface area (Å²) < 4.78 is 0. The first kappa shape index (κ1) is 18.2. The molecular weight excluding hydrogens is 366 g/mol. The molecular formula is C20H17ClN3OS+. The molecule has 0 bridgehead atoms. The molecule has 0 aliphatic carbocycles. The molecule has 0 aliphatic rings. The van der Waals surface area contributed by atoms with Crippen LogP contribution < -0.4 is 10.6 Å². The summed E-state index contributed by atoms with van der Waals surface area (Å²) in [6.07, 6.45) is 0. The van der Waals surface area contributed by atoms with Gasteiger partial charge in [-0.2, -0.15) is 5.26 Å². The van der Waals surface area contributed by atoms with Gasteiger partial charge in [0.15, 0.2) is 6.54 Å². The van der Waals surface area contributed by atoms with Crippen LogP contribution in [0.2, 0.25) is 5.02 Å². The third kappa shape index (κ3) is 4.50. The molecule has 3 rings (SSSR count). The van der Waals surface area contributed by atoms with Crippen molar-refractivity contribution < 1.29 is 10.1 Å². The molecule has 0 spiro atoms. The van der Waals surface area contributed by atoms with Crippen molar-refractivity contribution in [2.75, 3.05) is 11.9 Å². The number of hydrogen-bond acceptors (Lipinski definition) is 3. The highest BCUT2D eigenvalue weighted by Crippen LogP contribution is 2.22. The first-order valence-corrected chi connectivity index (χ1v) is 9.34. The molecule has 26 heavy (non-hydrogen) atoms. The van der Waals surface area contributed by atoms with E-state index in [2.05, 4.69) is 11.4 Å². The lowest BCUT2D eigenvalue weighted by Gasteiger charge is -2.16. The Kier molecular flexibility index (Phi) is 6.03. The highest BCUT2D eigenvalue weighted by Gasteiger charge is 2.19. The van der Waals surface area contributed by atoms with Gasteiger partial charge in [-0.05, 0) is 23.6 Å². The summed E-state index contributed by atoms with van der Waals surface area (Å²) in [5.41, 5.74) is 2.67. The Bertz CT molecular complexity index is 916. The van der Waals surface area contributed by atoms with Gasteiger partial charge in [0, 0.05) is 16.1 Å². The Morgan fingerprint density at radius 1 is 1.12 bits per heavy atom. The fourth-order valence-corrected chi connectivity index (χ4v) is 3.57. The second-order valence-corrected chi connectivity index (χ2v) is 7.06. The van der Waals surface area contributed by atoms with Gasteiger partial charge in [0.2, 0.25) is 0 Å². The minimum Gasteiger partial charge on any atom is -0.328 e. The van der Waals surface area contributed by atoms with Gasteiger partial charge in [0.25, 0.3) is 5.91 Å². The molecule has 0 aliphatic heterocycles. The molecule has 1 heterocycles. The number of nitrogens with zero attached hydrogens (tertiary/aromatic N) is 1. The third-order valence-electron chi connectivity index (χ3n) is 3.97. The molecule has 4 nitrogen and oxygen atoms in total. The molecule has 6 heteroatoms. The first-order chi connectivity index (χ1) is 12.7. The van der Waals surface area contributed by atoms with E-state index < -0.39 is 0 Å². The van der Waals surface area contributed by atoms with Crippen molar-refractivity contribution in [3.8, 4) is 6.07 Å². The number of carbonyl (C=O) groups excluding carboxylic acids is 1. The summed E-state index contributed by atoms with van der Waals surface area (Å²) in [4.78, 5) is 12.3. The molecule has 130 valence electrons. The predicted octanol–water partition coefficient (Wildman–Crippen LogP) is 3.56. The summed E-state index contributed by atoms with van der Waals surface area (Å²) in [7, 11) is 0.